The third-order valence-corrected chi connectivity index (χ3v) is 1.95. The maximum atomic E-state index is 8.68. The number of nitrogens with zero attached hydrogens (tertiary/aromatic N) is 1. The van der Waals surface area contributed by atoms with Gasteiger partial charge in [0.05, 0.1) is 0 Å². The predicted octanol–water partition coefficient (Wildman–Crippen LogP) is 1.66. The van der Waals surface area contributed by atoms with Gasteiger partial charge in [0.25, 0.3) is 0 Å². The Hall–Kier alpha value is -0.340. The van der Waals surface area contributed by atoms with Crippen molar-refractivity contribution in [2.75, 3.05) is 19.7 Å². The van der Waals surface area contributed by atoms with Gasteiger partial charge in [0.15, 0.2) is 0 Å². The second-order valence-corrected chi connectivity index (χ2v) is 3.28. The van der Waals surface area contributed by atoms with Gasteiger partial charge in [-0.3, -0.25) is 0 Å². The van der Waals surface area contributed by atoms with Crippen LogP contribution < -0.4 is 0 Å². The molecule has 0 rings (SSSR count). The van der Waals surface area contributed by atoms with Gasteiger partial charge >= 0.3 is 0 Å². The van der Waals surface area contributed by atoms with Gasteiger partial charge in [-0.25, -0.2) is 0 Å². The predicted molar refractivity (Wildman–Crippen MR) is 53.2 cm³/mol. The fraction of sp³-hybridized carbons (Fsp3) is 0.800. The van der Waals surface area contributed by atoms with Crippen molar-refractivity contribution in [3.8, 4) is 0 Å². The molecular formula is C10H21NO. The summed E-state index contributed by atoms with van der Waals surface area (Å²) in [5.41, 5.74) is 0. The van der Waals surface area contributed by atoms with Gasteiger partial charge in [0.1, 0.15) is 0 Å². The van der Waals surface area contributed by atoms with Crippen LogP contribution in [0.2, 0.25) is 0 Å². The van der Waals surface area contributed by atoms with E-state index in [9.17, 15) is 0 Å². The molecule has 0 spiro atoms. The summed E-state index contributed by atoms with van der Waals surface area (Å²) < 4.78 is 0. The van der Waals surface area contributed by atoms with Crippen LogP contribution in [0.3, 0.4) is 0 Å². The Morgan fingerprint density at radius 2 is 2.08 bits per heavy atom. The van der Waals surface area contributed by atoms with Gasteiger partial charge in [-0.2, -0.15) is 0 Å². The smallest absolute Gasteiger partial charge is 0.0443 e. The van der Waals surface area contributed by atoms with Gasteiger partial charge in [0.2, 0.25) is 0 Å². The number of aliphatic hydroxyl groups excluding tert-OH is 1. The minimum absolute atomic E-state index is 0.289. The Labute approximate surface area is 75.9 Å². The van der Waals surface area contributed by atoms with Crippen LogP contribution in [0.1, 0.15) is 26.7 Å². The minimum Gasteiger partial charge on any atom is -0.396 e. The zero-order valence-electron chi connectivity index (χ0n) is 8.29. The van der Waals surface area contributed by atoms with Crippen LogP contribution in [-0.4, -0.2) is 35.7 Å². The van der Waals surface area contributed by atoms with E-state index < -0.39 is 0 Å². The van der Waals surface area contributed by atoms with E-state index >= 15 is 0 Å². The van der Waals surface area contributed by atoms with Crippen LogP contribution in [0.4, 0.5) is 0 Å². The van der Waals surface area contributed by atoms with Crippen LogP contribution in [0, 0.1) is 0 Å². The van der Waals surface area contributed by atoms with Gasteiger partial charge in [-0.1, -0.05) is 6.08 Å². The van der Waals surface area contributed by atoms with Crippen molar-refractivity contribution in [1.82, 2.24) is 4.90 Å². The Balaban J connectivity index is 3.61. The van der Waals surface area contributed by atoms with Crippen molar-refractivity contribution in [3.63, 3.8) is 0 Å². The lowest BCUT2D eigenvalue weighted by Gasteiger charge is -2.25. The normalized spacial score (nSPS) is 11.1. The SMILES string of the molecule is C=CCCN(CCCO)C(C)C. The number of hydrogen-bond donors (Lipinski definition) is 1. The van der Waals surface area contributed by atoms with Crippen LogP contribution >= 0.6 is 0 Å². The second-order valence-electron chi connectivity index (χ2n) is 3.28. The lowest BCUT2D eigenvalue weighted by atomic mass is 10.2. The van der Waals surface area contributed by atoms with Crippen LogP contribution in [0.25, 0.3) is 0 Å². The first-order valence-corrected chi connectivity index (χ1v) is 4.68. The van der Waals surface area contributed by atoms with Crippen molar-refractivity contribution in [1.29, 1.82) is 0 Å². The summed E-state index contributed by atoms with van der Waals surface area (Å²) in [6.07, 6.45) is 3.84. The topological polar surface area (TPSA) is 23.5 Å². The van der Waals surface area contributed by atoms with Crippen LogP contribution in [-0.2, 0) is 0 Å². The quantitative estimate of drug-likeness (QED) is 0.589. The summed E-state index contributed by atoms with van der Waals surface area (Å²) in [6, 6.07) is 0.566. The van der Waals surface area contributed by atoms with E-state index in [1.807, 2.05) is 6.08 Å². The molecule has 0 saturated heterocycles. The third kappa shape index (κ3) is 5.33. The molecule has 2 heteroatoms. The highest BCUT2D eigenvalue weighted by Gasteiger charge is 2.06. The number of aliphatic hydroxyl groups is 1. The monoisotopic (exact) mass is 171 g/mol. The average Bonchev–Trinajstić information content (AvgIpc) is 2.04. The largest absolute Gasteiger partial charge is 0.396 e. The summed E-state index contributed by atoms with van der Waals surface area (Å²) in [4.78, 5) is 2.36. The van der Waals surface area contributed by atoms with Crippen molar-refractivity contribution >= 4 is 0 Å². The zero-order valence-corrected chi connectivity index (χ0v) is 8.29. The molecule has 72 valence electrons. The molecule has 0 aliphatic rings. The third-order valence-electron chi connectivity index (χ3n) is 1.95. The fourth-order valence-corrected chi connectivity index (χ4v) is 1.16. The summed E-state index contributed by atoms with van der Waals surface area (Å²) in [7, 11) is 0. The summed E-state index contributed by atoms with van der Waals surface area (Å²) in [6.45, 7) is 10.4. The molecule has 0 aromatic carbocycles. The van der Waals surface area contributed by atoms with Gasteiger partial charge in [-0.05, 0) is 26.7 Å². The maximum absolute atomic E-state index is 8.68. The Bertz CT molecular complexity index is 112. The Morgan fingerprint density at radius 3 is 2.50 bits per heavy atom. The molecule has 0 saturated carbocycles. The molecule has 0 fully saturated rings. The number of hydrogen-bond acceptors (Lipinski definition) is 2. The first-order chi connectivity index (χ1) is 5.72. The first kappa shape index (κ1) is 11.7. The summed E-state index contributed by atoms with van der Waals surface area (Å²) in [5, 5.41) is 8.68. The fourth-order valence-electron chi connectivity index (χ4n) is 1.16. The highest BCUT2D eigenvalue weighted by Crippen LogP contribution is 2.00. The van der Waals surface area contributed by atoms with E-state index in [0.29, 0.717) is 6.04 Å². The lowest BCUT2D eigenvalue weighted by Crippen LogP contribution is -2.32. The van der Waals surface area contributed by atoms with E-state index in [1.54, 1.807) is 0 Å². The van der Waals surface area contributed by atoms with E-state index in [2.05, 4.69) is 25.3 Å². The van der Waals surface area contributed by atoms with Crippen molar-refractivity contribution in [2.45, 2.75) is 32.7 Å². The molecule has 0 aliphatic carbocycles. The van der Waals surface area contributed by atoms with Crippen LogP contribution in [0.15, 0.2) is 12.7 Å². The van der Waals surface area contributed by atoms with E-state index in [0.717, 1.165) is 25.9 Å². The molecule has 2 nitrogen and oxygen atoms in total. The maximum Gasteiger partial charge on any atom is 0.0443 e. The minimum atomic E-state index is 0.289. The Kier molecular flexibility index (Phi) is 7.11. The van der Waals surface area contributed by atoms with E-state index in [4.69, 9.17) is 5.11 Å². The molecule has 0 aliphatic heterocycles. The van der Waals surface area contributed by atoms with E-state index in [-0.39, 0.29) is 6.61 Å². The van der Waals surface area contributed by atoms with Gasteiger partial charge < -0.3 is 10.0 Å². The van der Waals surface area contributed by atoms with Gasteiger partial charge in [0, 0.05) is 25.7 Å². The molecule has 12 heavy (non-hydrogen) atoms. The standard InChI is InChI=1S/C10H21NO/c1-4-5-7-11(10(2)3)8-6-9-12/h4,10,12H,1,5-9H2,2-3H3. The average molecular weight is 171 g/mol. The highest BCUT2D eigenvalue weighted by atomic mass is 16.3. The number of rotatable bonds is 7. The van der Waals surface area contributed by atoms with Crippen molar-refractivity contribution in [2.24, 2.45) is 0 Å². The molecule has 0 amide bonds. The summed E-state index contributed by atoms with van der Waals surface area (Å²) >= 11 is 0. The van der Waals surface area contributed by atoms with E-state index in [1.165, 1.54) is 0 Å². The lowest BCUT2D eigenvalue weighted by molar-refractivity contribution is 0.194. The molecule has 0 unspecified atom stereocenters. The van der Waals surface area contributed by atoms with Crippen molar-refractivity contribution in [3.05, 3.63) is 12.7 Å². The van der Waals surface area contributed by atoms with Crippen molar-refractivity contribution < 1.29 is 5.11 Å². The first-order valence-electron chi connectivity index (χ1n) is 4.68. The molecular weight excluding hydrogens is 150 g/mol. The zero-order chi connectivity index (χ0) is 9.40. The molecule has 0 bridgehead atoms. The highest BCUT2D eigenvalue weighted by molar-refractivity contribution is 4.71. The molecule has 0 aromatic rings. The molecule has 1 N–H and O–H groups in total. The molecule has 0 heterocycles. The molecule has 0 atom stereocenters. The summed E-state index contributed by atoms with van der Waals surface area (Å²) in [5.74, 6) is 0. The molecule has 0 aromatic heterocycles. The van der Waals surface area contributed by atoms with Gasteiger partial charge in [-0.15, -0.1) is 6.58 Å². The second kappa shape index (κ2) is 7.32. The Morgan fingerprint density at radius 1 is 1.42 bits per heavy atom. The molecule has 0 radical (unpaired) electrons. The van der Waals surface area contributed by atoms with Crippen LogP contribution in [0.5, 0.6) is 0 Å².